The Labute approximate surface area is 123 Å². The molecule has 0 aliphatic rings. The van der Waals surface area contributed by atoms with E-state index in [1.807, 2.05) is 25.1 Å². The second kappa shape index (κ2) is 6.73. The van der Waals surface area contributed by atoms with E-state index in [9.17, 15) is 4.39 Å². The summed E-state index contributed by atoms with van der Waals surface area (Å²) < 4.78 is 18.5. The predicted octanol–water partition coefficient (Wildman–Crippen LogP) is 4.34. The van der Waals surface area contributed by atoms with Crippen LogP contribution < -0.4 is 10.1 Å². The minimum atomic E-state index is -0.225. The molecule has 0 fully saturated rings. The summed E-state index contributed by atoms with van der Waals surface area (Å²) in [5, 5.41) is 4.01. The summed E-state index contributed by atoms with van der Waals surface area (Å²) in [7, 11) is 1.63. The van der Waals surface area contributed by atoms with Gasteiger partial charge in [-0.15, -0.1) is 0 Å². The number of methoxy groups -OCH3 is 1. The molecule has 0 aromatic heterocycles. The number of hydrogen-bond donors (Lipinski definition) is 1. The third-order valence-electron chi connectivity index (χ3n) is 3.19. The fourth-order valence-corrected chi connectivity index (χ4v) is 2.24. The Kier molecular flexibility index (Phi) is 4.99. The average molecular weight is 294 g/mol. The van der Waals surface area contributed by atoms with Gasteiger partial charge in [-0.25, -0.2) is 4.39 Å². The van der Waals surface area contributed by atoms with E-state index in [-0.39, 0.29) is 11.9 Å². The van der Waals surface area contributed by atoms with Gasteiger partial charge in [-0.3, -0.25) is 0 Å². The van der Waals surface area contributed by atoms with Gasteiger partial charge in [0.05, 0.1) is 7.11 Å². The van der Waals surface area contributed by atoms with Crippen molar-refractivity contribution in [1.82, 2.24) is 5.32 Å². The number of halogens is 2. The van der Waals surface area contributed by atoms with Crippen LogP contribution in [0.25, 0.3) is 0 Å². The predicted molar refractivity (Wildman–Crippen MR) is 79.7 cm³/mol. The van der Waals surface area contributed by atoms with Gasteiger partial charge in [0, 0.05) is 23.2 Å². The van der Waals surface area contributed by atoms with Crippen molar-refractivity contribution in [2.24, 2.45) is 0 Å². The third kappa shape index (κ3) is 3.71. The summed E-state index contributed by atoms with van der Waals surface area (Å²) in [6.45, 7) is 2.59. The minimum absolute atomic E-state index is 0.0365. The van der Waals surface area contributed by atoms with Crippen molar-refractivity contribution >= 4 is 11.6 Å². The first-order chi connectivity index (χ1) is 9.60. The molecule has 0 saturated heterocycles. The topological polar surface area (TPSA) is 21.3 Å². The number of rotatable bonds is 5. The van der Waals surface area contributed by atoms with E-state index in [1.54, 1.807) is 19.2 Å². The normalized spacial score (nSPS) is 12.2. The van der Waals surface area contributed by atoms with Gasteiger partial charge >= 0.3 is 0 Å². The highest BCUT2D eigenvalue weighted by Gasteiger charge is 2.08. The molecule has 0 aliphatic heterocycles. The Morgan fingerprint density at radius 1 is 1.25 bits per heavy atom. The van der Waals surface area contributed by atoms with Crippen LogP contribution >= 0.6 is 11.6 Å². The molecule has 2 rings (SSSR count). The zero-order valence-corrected chi connectivity index (χ0v) is 12.2. The highest BCUT2D eigenvalue weighted by Crippen LogP contribution is 2.23. The fraction of sp³-hybridized carbons (Fsp3) is 0.250. The number of nitrogens with one attached hydrogen (secondary N) is 1. The lowest BCUT2D eigenvalue weighted by Gasteiger charge is -2.16. The van der Waals surface area contributed by atoms with Crippen LogP contribution in [-0.2, 0) is 6.54 Å². The smallest absolute Gasteiger partial charge is 0.123 e. The highest BCUT2D eigenvalue weighted by molar-refractivity contribution is 6.30. The van der Waals surface area contributed by atoms with E-state index in [0.717, 1.165) is 16.9 Å². The lowest BCUT2D eigenvalue weighted by molar-refractivity contribution is 0.406. The van der Waals surface area contributed by atoms with Gasteiger partial charge in [0.2, 0.25) is 0 Å². The number of ether oxygens (including phenoxy) is 1. The molecule has 2 aromatic carbocycles. The van der Waals surface area contributed by atoms with Crippen LogP contribution in [0, 0.1) is 5.82 Å². The Balaban J connectivity index is 2.06. The maximum Gasteiger partial charge on any atom is 0.123 e. The summed E-state index contributed by atoms with van der Waals surface area (Å²) in [6, 6.07) is 12.1. The van der Waals surface area contributed by atoms with Crippen molar-refractivity contribution in [2.45, 2.75) is 19.5 Å². The van der Waals surface area contributed by atoms with Gasteiger partial charge in [0.25, 0.3) is 0 Å². The second-order valence-corrected chi connectivity index (χ2v) is 5.05. The first-order valence-corrected chi connectivity index (χ1v) is 6.79. The summed E-state index contributed by atoms with van der Waals surface area (Å²) >= 11 is 5.99. The van der Waals surface area contributed by atoms with E-state index in [2.05, 4.69) is 5.32 Å². The molecule has 0 unspecified atom stereocenters. The van der Waals surface area contributed by atoms with Crippen LogP contribution in [-0.4, -0.2) is 7.11 Å². The lowest BCUT2D eigenvalue weighted by atomic mass is 10.1. The van der Waals surface area contributed by atoms with Crippen LogP contribution in [0.15, 0.2) is 42.5 Å². The van der Waals surface area contributed by atoms with Crippen molar-refractivity contribution in [1.29, 1.82) is 0 Å². The summed E-state index contributed by atoms with van der Waals surface area (Å²) in [5.74, 6) is 0.560. The molecule has 106 valence electrons. The van der Waals surface area contributed by atoms with Crippen molar-refractivity contribution in [3.63, 3.8) is 0 Å². The molecule has 0 bridgehead atoms. The molecule has 1 N–H and O–H groups in total. The molecule has 0 heterocycles. The molecule has 0 saturated carbocycles. The molecule has 20 heavy (non-hydrogen) atoms. The molecule has 0 aliphatic carbocycles. The van der Waals surface area contributed by atoms with Gasteiger partial charge in [-0.1, -0.05) is 23.7 Å². The number of benzene rings is 2. The molecule has 0 radical (unpaired) electrons. The standard InChI is InChI=1S/C16H17ClFNO/c1-11(12-4-3-5-15(18)9-12)19-10-13-8-14(17)6-7-16(13)20-2/h3-9,11,19H,10H2,1-2H3/t11-/m0/s1. The van der Waals surface area contributed by atoms with E-state index >= 15 is 0 Å². The summed E-state index contributed by atoms with van der Waals surface area (Å²) in [6.07, 6.45) is 0. The van der Waals surface area contributed by atoms with Crippen molar-refractivity contribution in [3.05, 3.63) is 64.4 Å². The van der Waals surface area contributed by atoms with Gasteiger partial charge in [-0.2, -0.15) is 0 Å². The van der Waals surface area contributed by atoms with Crippen LogP contribution in [0.4, 0.5) is 4.39 Å². The van der Waals surface area contributed by atoms with Crippen molar-refractivity contribution in [2.75, 3.05) is 7.11 Å². The van der Waals surface area contributed by atoms with Crippen molar-refractivity contribution in [3.8, 4) is 5.75 Å². The Morgan fingerprint density at radius 3 is 2.75 bits per heavy atom. The minimum Gasteiger partial charge on any atom is -0.496 e. The maximum atomic E-state index is 13.2. The molecule has 1 atom stereocenters. The monoisotopic (exact) mass is 293 g/mol. The zero-order valence-electron chi connectivity index (χ0n) is 11.5. The van der Waals surface area contributed by atoms with Gasteiger partial charge < -0.3 is 10.1 Å². The first-order valence-electron chi connectivity index (χ1n) is 6.41. The SMILES string of the molecule is COc1ccc(Cl)cc1CN[C@@H](C)c1cccc(F)c1. The fourth-order valence-electron chi connectivity index (χ4n) is 2.04. The lowest BCUT2D eigenvalue weighted by Crippen LogP contribution is -2.18. The highest BCUT2D eigenvalue weighted by atomic mass is 35.5. The van der Waals surface area contributed by atoms with Gasteiger partial charge in [-0.05, 0) is 42.8 Å². The largest absolute Gasteiger partial charge is 0.496 e. The molecular formula is C16H17ClFNO. The van der Waals surface area contributed by atoms with Crippen molar-refractivity contribution < 1.29 is 9.13 Å². The third-order valence-corrected chi connectivity index (χ3v) is 3.42. The molecular weight excluding hydrogens is 277 g/mol. The second-order valence-electron chi connectivity index (χ2n) is 4.61. The molecule has 4 heteroatoms. The van der Waals surface area contributed by atoms with E-state index < -0.39 is 0 Å². The van der Waals surface area contributed by atoms with Crippen LogP contribution in [0.3, 0.4) is 0 Å². The van der Waals surface area contributed by atoms with Crippen LogP contribution in [0.5, 0.6) is 5.75 Å². The molecule has 2 aromatic rings. The maximum absolute atomic E-state index is 13.2. The summed E-state index contributed by atoms with van der Waals surface area (Å²) in [4.78, 5) is 0. The summed E-state index contributed by atoms with van der Waals surface area (Å²) in [5.41, 5.74) is 1.88. The van der Waals surface area contributed by atoms with Gasteiger partial charge in [0.1, 0.15) is 11.6 Å². The van der Waals surface area contributed by atoms with Crippen LogP contribution in [0.2, 0.25) is 5.02 Å². The number of hydrogen-bond acceptors (Lipinski definition) is 2. The first kappa shape index (κ1) is 14.8. The quantitative estimate of drug-likeness (QED) is 0.885. The Hall–Kier alpha value is -1.58. The van der Waals surface area contributed by atoms with Crippen LogP contribution in [0.1, 0.15) is 24.1 Å². The average Bonchev–Trinajstić information content (AvgIpc) is 2.45. The molecule has 0 spiro atoms. The Bertz CT molecular complexity index is 588. The molecule has 2 nitrogen and oxygen atoms in total. The van der Waals surface area contributed by atoms with E-state index in [4.69, 9.17) is 16.3 Å². The zero-order chi connectivity index (χ0) is 14.5. The van der Waals surface area contributed by atoms with E-state index in [0.29, 0.717) is 11.6 Å². The Morgan fingerprint density at radius 2 is 2.05 bits per heavy atom. The molecule has 0 amide bonds. The van der Waals surface area contributed by atoms with Gasteiger partial charge in [0.15, 0.2) is 0 Å². The van der Waals surface area contributed by atoms with E-state index in [1.165, 1.54) is 12.1 Å².